The highest BCUT2D eigenvalue weighted by Gasteiger charge is 2.41. The zero-order valence-corrected chi connectivity index (χ0v) is 10.2. The summed E-state index contributed by atoms with van der Waals surface area (Å²) in [6, 6.07) is -0.0974. The van der Waals surface area contributed by atoms with Gasteiger partial charge in [-0.25, -0.2) is 13.6 Å². The van der Waals surface area contributed by atoms with E-state index in [4.69, 9.17) is 11.6 Å². The fourth-order valence-electron chi connectivity index (χ4n) is 1.17. The van der Waals surface area contributed by atoms with Gasteiger partial charge < -0.3 is 0 Å². The monoisotopic (exact) mass is 327 g/mol. The van der Waals surface area contributed by atoms with Crippen molar-refractivity contribution in [1.82, 2.24) is 0 Å². The van der Waals surface area contributed by atoms with Gasteiger partial charge in [-0.3, -0.25) is 0 Å². The van der Waals surface area contributed by atoms with Crippen LogP contribution in [0.5, 0.6) is 0 Å². The average Bonchev–Trinajstić information content (AvgIpc) is 2.11. The number of hydrogen-bond acceptors (Lipinski definition) is 2. The summed E-state index contributed by atoms with van der Waals surface area (Å²) in [5, 5.41) is 2.89. The molecule has 3 nitrogen and oxygen atoms in total. The van der Waals surface area contributed by atoms with Gasteiger partial charge in [0.2, 0.25) is 10.0 Å². The van der Waals surface area contributed by atoms with Crippen LogP contribution in [-0.4, -0.2) is 8.42 Å². The Labute approximate surface area is 108 Å². The maximum atomic E-state index is 12.5. The van der Waals surface area contributed by atoms with Crippen molar-refractivity contribution in [3.63, 3.8) is 0 Å². The Morgan fingerprint density at radius 1 is 0.947 bits per heavy atom. The molecule has 0 radical (unpaired) electrons. The number of primary sulfonamides is 1. The van der Waals surface area contributed by atoms with E-state index in [1.54, 1.807) is 0 Å². The Balaban J connectivity index is 3.78. The fourth-order valence-corrected chi connectivity index (χ4v) is 2.06. The third-order valence-corrected chi connectivity index (χ3v) is 3.29. The van der Waals surface area contributed by atoms with Crippen molar-refractivity contribution < 1.29 is 34.8 Å². The van der Waals surface area contributed by atoms with Crippen molar-refractivity contribution in [2.45, 2.75) is 17.2 Å². The van der Waals surface area contributed by atoms with Crippen LogP contribution in [0.4, 0.5) is 26.3 Å². The van der Waals surface area contributed by atoms with Gasteiger partial charge in [0.15, 0.2) is 0 Å². The molecule has 1 rings (SSSR count). The Kier molecular flexibility index (Phi) is 3.83. The Hall–Kier alpha value is -1.00. The molecule has 0 unspecified atom stereocenters. The van der Waals surface area contributed by atoms with E-state index in [0.717, 1.165) is 0 Å². The first kappa shape index (κ1) is 16.1. The summed E-state index contributed by atoms with van der Waals surface area (Å²) in [6.45, 7) is 0. The third kappa shape index (κ3) is 3.51. The zero-order valence-electron chi connectivity index (χ0n) is 8.60. The van der Waals surface area contributed by atoms with Crippen molar-refractivity contribution in [2.75, 3.05) is 0 Å². The normalized spacial score (nSPS) is 13.7. The maximum Gasteiger partial charge on any atom is 0.417 e. The molecule has 0 fully saturated rings. The minimum atomic E-state index is -5.25. The summed E-state index contributed by atoms with van der Waals surface area (Å²) in [5.41, 5.74) is -3.85. The second kappa shape index (κ2) is 4.53. The number of halogens is 7. The van der Waals surface area contributed by atoms with Gasteiger partial charge in [-0.05, 0) is 12.1 Å². The molecule has 2 N–H and O–H groups in total. The van der Waals surface area contributed by atoms with Crippen molar-refractivity contribution in [1.29, 1.82) is 0 Å². The number of alkyl halides is 6. The molecule has 0 aliphatic rings. The van der Waals surface area contributed by atoms with Crippen LogP contribution in [0.3, 0.4) is 0 Å². The highest BCUT2D eigenvalue weighted by Crippen LogP contribution is 2.43. The van der Waals surface area contributed by atoms with Crippen LogP contribution < -0.4 is 5.14 Å². The summed E-state index contributed by atoms with van der Waals surface area (Å²) in [7, 11) is -4.74. The first-order chi connectivity index (χ1) is 8.24. The number of hydrogen-bond donors (Lipinski definition) is 1. The van der Waals surface area contributed by atoms with E-state index in [9.17, 15) is 34.8 Å². The highest BCUT2D eigenvalue weighted by atomic mass is 35.5. The van der Waals surface area contributed by atoms with Crippen LogP contribution in [0.15, 0.2) is 17.0 Å². The fraction of sp³-hybridized carbons (Fsp3) is 0.250. The lowest BCUT2D eigenvalue weighted by Crippen LogP contribution is -2.18. The lowest BCUT2D eigenvalue weighted by molar-refractivity contribution is -0.143. The SMILES string of the molecule is NS(=O)(=O)c1cc(C(F)(F)F)c(Cl)c(C(F)(F)F)c1. The largest absolute Gasteiger partial charge is 0.417 e. The van der Waals surface area contributed by atoms with E-state index in [-0.39, 0.29) is 12.1 Å². The van der Waals surface area contributed by atoms with Gasteiger partial charge in [-0.15, -0.1) is 0 Å². The smallest absolute Gasteiger partial charge is 0.225 e. The number of sulfonamides is 1. The lowest BCUT2D eigenvalue weighted by Gasteiger charge is -2.16. The minimum Gasteiger partial charge on any atom is -0.225 e. The van der Waals surface area contributed by atoms with Crippen LogP contribution in [0, 0.1) is 0 Å². The quantitative estimate of drug-likeness (QED) is 0.806. The molecule has 108 valence electrons. The molecule has 0 spiro atoms. The van der Waals surface area contributed by atoms with Crippen LogP contribution in [0.1, 0.15) is 11.1 Å². The molecule has 0 aromatic heterocycles. The number of rotatable bonds is 1. The van der Waals surface area contributed by atoms with Crippen molar-refractivity contribution in [3.8, 4) is 0 Å². The van der Waals surface area contributed by atoms with Crippen LogP contribution in [-0.2, 0) is 22.4 Å². The second-order valence-electron chi connectivity index (χ2n) is 3.37. The molecule has 11 heteroatoms. The average molecular weight is 328 g/mol. The van der Waals surface area contributed by atoms with Crippen LogP contribution in [0.2, 0.25) is 5.02 Å². The summed E-state index contributed by atoms with van der Waals surface area (Å²) >= 11 is 5.02. The predicted octanol–water partition coefficient (Wildman–Crippen LogP) is 3.03. The minimum absolute atomic E-state index is 0.0487. The summed E-state index contributed by atoms with van der Waals surface area (Å²) < 4.78 is 96.8. The van der Waals surface area contributed by atoms with E-state index < -0.39 is 43.4 Å². The van der Waals surface area contributed by atoms with Crippen molar-refractivity contribution in [3.05, 3.63) is 28.3 Å². The molecule has 19 heavy (non-hydrogen) atoms. The molecule has 0 heterocycles. The first-order valence-corrected chi connectivity index (χ1v) is 6.18. The van der Waals surface area contributed by atoms with Gasteiger partial charge in [0.1, 0.15) is 0 Å². The number of nitrogens with two attached hydrogens (primary N) is 1. The van der Waals surface area contributed by atoms with E-state index >= 15 is 0 Å². The summed E-state index contributed by atoms with van der Waals surface area (Å²) in [4.78, 5) is -1.32. The molecule has 0 saturated heterocycles. The Morgan fingerprint density at radius 2 is 1.26 bits per heavy atom. The van der Waals surface area contributed by atoms with Gasteiger partial charge in [-0.2, -0.15) is 26.3 Å². The van der Waals surface area contributed by atoms with Gasteiger partial charge in [0.05, 0.1) is 21.0 Å². The van der Waals surface area contributed by atoms with Gasteiger partial charge in [-0.1, -0.05) is 11.6 Å². The summed E-state index contributed by atoms with van der Waals surface area (Å²) in [5.74, 6) is 0. The van der Waals surface area contributed by atoms with E-state index in [1.165, 1.54) is 0 Å². The third-order valence-electron chi connectivity index (χ3n) is 1.99. The molecule has 0 aliphatic heterocycles. The Bertz CT molecular complexity index is 572. The zero-order chi connectivity index (χ0) is 15.2. The topological polar surface area (TPSA) is 60.2 Å². The van der Waals surface area contributed by atoms with Crippen LogP contribution in [0.25, 0.3) is 0 Å². The maximum absolute atomic E-state index is 12.5. The van der Waals surface area contributed by atoms with Crippen molar-refractivity contribution >= 4 is 21.6 Å². The Morgan fingerprint density at radius 3 is 1.47 bits per heavy atom. The molecule has 1 aromatic rings. The van der Waals surface area contributed by atoms with Gasteiger partial charge in [0, 0.05) is 0 Å². The molecule has 1 aromatic carbocycles. The molecular weight excluding hydrogens is 324 g/mol. The van der Waals surface area contributed by atoms with Gasteiger partial charge in [0.25, 0.3) is 0 Å². The van der Waals surface area contributed by atoms with Crippen molar-refractivity contribution in [2.24, 2.45) is 5.14 Å². The lowest BCUT2D eigenvalue weighted by atomic mass is 10.1. The number of benzene rings is 1. The first-order valence-electron chi connectivity index (χ1n) is 4.25. The molecule has 0 bridgehead atoms. The molecule has 0 atom stereocenters. The second-order valence-corrected chi connectivity index (χ2v) is 5.31. The van der Waals surface area contributed by atoms with E-state index in [1.807, 2.05) is 0 Å². The van der Waals surface area contributed by atoms with E-state index in [0.29, 0.717) is 0 Å². The predicted molar refractivity (Wildman–Crippen MR) is 52.8 cm³/mol. The van der Waals surface area contributed by atoms with Crippen LogP contribution >= 0.6 is 11.6 Å². The summed E-state index contributed by atoms with van der Waals surface area (Å²) in [6.07, 6.45) is -10.5. The van der Waals surface area contributed by atoms with E-state index in [2.05, 4.69) is 5.14 Å². The standard InChI is InChI=1S/C8H4ClF6NO2S/c9-6-4(7(10,11)12)1-3(19(16,17)18)2-5(6)8(13,14)15/h1-2H,(H2,16,17,18). The molecule has 0 aliphatic carbocycles. The molecule has 0 amide bonds. The molecule has 0 saturated carbocycles. The highest BCUT2D eigenvalue weighted by molar-refractivity contribution is 7.89. The molecular formula is C8H4ClF6NO2S. The van der Waals surface area contributed by atoms with Gasteiger partial charge >= 0.3 is 12.4 Å².